The number of rotatable bonds is 10. The summed E-state index contributed by atoms with van der Waals surface area (Å²) >= 11 is 6.07. The summed E-state index contributed by atoms with van der Waals surface area (Å²) in [6.45, 7) is 2.21. The first-order valence-electron chi connectivity index (χ1n) is 15.9. The molecule has 0 radical (unpaired) electrons. The zero-order chi connectivity index (χ0) is 34.7. The number of nitriles is 1. The molecule has 0 bridgehead atoms. The fourth-order valence-corrected chi connectivity index (χ4v) is 6.52. The number of carbonyl (C=O) groups is 1. The van der Waals surface area contributed by atoms with Crippen LogP contribution in [0.5, 0.6) is 0 Å². The Morgan fingerprint density at radius 2 is 1.54 bits per heavy atom. The fourth-order valence-electron chi connectivity index (χ4n) is 6.27. The average molecular weight is 681 g/mol. The van der Waals surface area contributed by atoms with Crippen LogP contribution < -0.4 is 5.32 Å². The van der Waals surface area contributed by atoms with E-state index in [2.05, 4.69) is 61.6 Å². The van der Waals surface area contributed by atoms with Gasteiger partial charge in [-0.25, -0.2) is 9.37 Å². The highest BCUT2D eigenvalue weighted by Gasteiger charge is 2.38. The molecule has 0 spiro atoms. The van der Waals surface area contributed by atoms with Gasteiger partial charge in [0.2, 0.25) is 0 Å². The van der Waals surface area contributed by atoms with Crippen LogP contribution in [0.25, 0.3) is 22.6 Å². The standard InChI is InChI=1S/C39H30ClFN8O/c1-26(23-49-18-17-34(47-49)27-19-32(40)31(22-42)33(41)20-27)44-38(50)36-21-35(45-46-36)37-24-48(25-43-37)39(28-11-5-2-6-12-28,29-13-7-3-8-14-29)30-15-9-4-10-16-30/h2-21,24-26H,23H2,1H3,(H,44,50)(H,45,46)/t26-/m0/s1. The van der Waals surface area contributed by atoms with Crippen LogP contribution in [0.4, 0.5) is 4.39 Å². The number of H-pyrrole nitrogens is 1. The number of hydrogen-bond donors (Lipinski definition) is 2. The predicted molar refractivity (Wildman–Crippen MR) is 189 cm³/mol. The summed E-state index contributed by atoms with van der Waals surface area (Å²) < 4.78 is 18.0. The first kappa shape index (κ1) is 32.2. The minimum atomic E-state index is -0.728. The van der Waals surface area contributed by atoms with Crippen molar-refractivity contribution in [1.29, 1.82) is 5.26 Å². The van der Waals surface area contributed by atoms with Gasteiger partial charge in [0.25, 0.3) is 5.91 Å². The van der Waals surface area contributed by atoms with Crippen molar-refractivity contribution < 1.29 is 9.18 Å². The van der Waals surface area contributed by atoms with Crippen molar-refractivity contribution in [2.45, 2.75) is 25.0 Å². The summed E-state index contributed by atoms with van der Waals surface area (Å²) in [6, 6.07) is 38.5. The van der Waals surface area contributed by atoms with Crippen LogP contribution in [0, 0.1) is 17.1 Å². The van der Waals surface area contributed by atoms with Crippen LogP contribution in [0.15, 0.2) is 134 Å². The Bertz CT molecular complexity index is 2190. The normalized spacial score (nSPS) is 12.0. The smallest absolute Gasteiger partial charge is 0.269 e. The Morgan fingerprint density at radius 3 is 2.12 bits per heavy atom. The third-order valence-electron chi connectivity index (χ3n) is 8.56. The summed E-state index contributed by atoms with van der Waals surface area (Å²) in [4.78, 5) is 18.0. The van der Waals surface area contributed by atoms with Crippen molar-refractivity contribution in [3.63, 3.8) is 0 Å². The number of aromatic nitrogens is 6. The van der Waals surface area contributed by atoms with Gasteiger partial charge >= 0.3 is 0 Å². The lowest BCUT2D eigenvalue weighted by molar-refractivity contribution is 0.0931. The van der Waals surface area contributed by atoms with Gasteiger partial charge in [-0.2, -0.15) is 15.5 Å². The summed E-state index contributed by atoms with van der Waals surface area (Å²) in [7, 11) is 0. The zero-order valence-corrected chi connectivity index (χ0v) is 27.6. The highest BCUT2D eigenvalue weighted by molar-refractivity contribution is 6.32. The molecule has 3 aromatic heterocycles. The van der Waals surface area contributed by atoms with Crippen LogP contribution in [0.1, 0.15) is 39.7 Å². The van der Waals surface area contributed by atoms with Crippen LogP contribution in [-0.2, 0) is 12.1 Å². The number of benzene rings is 4. The number of imidazole rings is 1. The summed E-state index contributed by atoms with van der Waals surface area (Å²) in [5.41, 5.74) is 4.60. The molecule has 0 fully saturated rings. The van der Waals surface area contributed by atoms with E-state index in [-0.39, 0.29) is 28.2 Å². The van der Waals surface area contributed by atoms with Gasteiger partial charge in [0, 0.05) is 24.0 Å². The van der Waals surface area contributed by atoms with E-state index in [1.165, 1.54) is 12.1 Å². The molecule has 1 atom stereocenters. The molecular weight excluding hydrogens is 651 g/mol. The predicted octanol–water partition coefficient (Wildman–Crippen LogP) is 7.46. The van der Waals surface area contributed by atoms with E-state index in [0.717, 1.165) is 16.7 Å². The highest BCUT2D eigenvalue weighted by atomic mass is 35.5. The monoisotopic (exact) mass is 680 g/mol. The van der Waals surface area contributed by atoms with E-state index in [4.69, 9.17) is 21.8 Å². The van der Waals surface area contributed by atoms with E-state index in [9.17, 15) is 9.18 Å². The lowest BCUT2D eigenvalue weighted by atomic mass is 9.77. The molecule has 0 aliphatic rings. The quantitative estimate of drug-likeness (QED) is 0.146. The minimum Gasteiger partial charge on any atom is -0.346 e. The first-order chi connectivity index (χ1) is 24.4. The molecule has 0 saturated carbocycles. The SMILES string of the molecule is C[C@@H](Cn1ccc(-c2cc(F)c(C#N)c(Cl)c2)n1)NC(=O)c1cc(-c2cn(C(c3ccccc3)(c3ccccc3)c3ccccc3)cn2)n[nH]1. The van der Waals surface area contributed by atoms with Crippen molar-refractivity contribution in [3.05, 3.63) is 173 Å². The molecule has 7 aromatic rings. The molecule has 0 aliphatic heterocycles. The fraction of sp³-hybridized carbons (Fsp3) is 0.103. The van der Waals surface area contributed by atoms with Crippen LogP contribution in [-0.4, -0.2) is 41.5 Å². The average Bonchev–Trinajstić information content (AvgIpc) is 3.92. The van der Waals surface area contributed by atoms with Crippen LogP contribution >= 0.6 is 11.6 Å². The molecule has 0 aliphatic carbocycles. The Labute approximate surface area is 292 Å². The molecule has 246 valence electrons. The first-order valence-corrected chi connectivity index (χ1v) is 16.2. The van der Waals surface area contributed by atoms with Gasteiger partial charge in [-0.1, -0.05) is 103 Å². The molecular formula is C39H30ClFN8O. The van der Waals surface area contributed by atoms with Crippen molar-refractivity contribution in [2.24, 2.45) is 0 Å². The molecule has 2 N–H and O–H groups in total. The van der Waals surface area contributed by atoms with Crippen LogP contribution in [0.3, 0.4) is 0 Å². The van der Waals surface area contributed by atoms with Crippen molar-refractivity contribution in [2.75, 3.05) is 0 Å². The Balaban J connectivity index is 1.11. The Hall–Kier alpha value is -6.31. The Kier molecular flexibility index (Phi) is 8.81. The van der Waals surface area contributed by atoms with E-state index < -0.39 is 11.4 Å². The van der Waals surface area contributed by atoms with Gasteiger partial charge in [-0.05, 0) is 47.9 Å². The lowest BCUT2D eigenvalue weighted by Crippen LogP contribution is -2.36. The maximum Gasteiger partial charge on any atom is 0.269 e. The number of nitrogens with one attached hydrogen (secondary N) is 2. The topological polar surface area (TPSA) is 117 Å². The number of halogens is 2. The third kappa shape index (κ3) is 6.06. The van der Waals surface area contributed by atoms with Crippen molar-refractivity contribution >= 4 is 17.5 Å². The van der Waals surface area contributed by atoms with Crippen LogP contribution in [0.2, 0.25) is 5.02 Å². The van der Waals surface area contributed by atoms with Gasteiger partial charge < -0.3 is 9.88 Å². The molecule has 1 amide bonds. The Morgan fingerprint density at radius 1 is 0.920 bits per heavy atom. The number of nitrogens with zero attached hydrogens (tertiary/aromatic N) is 6. The molecule has 0 unspecified atom stereocenters. The van der Waals surface area contributed by atoms with Gasteiger partial charge in [0.15, 0.2) is 0 Å². The maximum atomic E-state index is 14.3. The number of aromatic amines is 1. The molecule has 9 nitrogen and oxygen atoms in total. The molecule has 3 heterocycles. The minimum absolute atomic E-state index is 0.0197. The molecule has 7 rings (SSSR count). The van der Waals surface area contributed by atoms with E-state index >= 15 is 0 Å². The largest absolute Gasteiger partial charge is 0.346 e. The van der Waals surface area contributed by atoms with E-state index in [1.54, 1.807) is 35.4 Å². The van der Waals surface area contributed by atoms with E-state index in [0.29, 0.717) is 29.2 Å². The lowest BCUT2D eigenvalue weighted by Gasteiger charge is -2.37. The third-order valence-corrected chi connectivity index (χ3v) is 8.86. The second kappa shape index (κ2) is 13.7. The number of carbonyl (C=O) groups excluding carboxylic acids is 1. The number of hydrogen-bond acceptors (Lipinski definition) is 5. The van der Waals surface area contributed by atoms with Gasteiger partial charge in [0.1, 0.15) is 40.1 Å². The van der Waals surface area contributed by atoms with Gasteiger partial charge in [-0.3, -0.25) is 14.6 Å². The molecule has 0 saturated heterocycles. The van der Waals surface area contributed by atoms with E-state index in [1.807, 2.05) is 67.7 Å². The molecule has 11 heteroatoms. The second-order valence-corrected chi connectivity index (χ2v) is 12.3. The molecule has 4 aromatic carbocycles. The summed E-state index contributed by atoms with van der Waals surface area (Å²) in [6.07, 6.45) is 5.49. The van der Waals surface area contributed by atoms with Gasteiger partial charge in [0.05, 0.1) is 23.6 Å². The zero-order valence-electron chi connectivity index (χ0n) is 26.8. The maximum absolute atomic E-state index is 14.3. The molecule has 50 heavy (non-hydrogen) atoms. The summed E-state index contributed by atoms with van der Waals surface area (Å²) in [5.74, 6) is -1.05. The summed E-state index contributed by atoms with van der Waals surface area (Å²) in [5, 5.41) is 23.9. The van der Waals surface area contributed by atoms with Crippen molar-refractivity contribution in [3.8, 4) is 28.7 Å². The number of amides is 1. The van der Waals surface area contributed by atoms with Gasteiger partial charge in [-0.15, -0.1) is 0 Å². The highest BCUT2D eigenvalue weighted by Crippen LogP contribution is 2.41. The van der Waals surface area contributed by atoms with Crippen molar-refractivity contribution in [1.82, 2.24) is 34.8 Å². The second-order valence-electron chi connectivity index (χ2n) is 11.9.